The highest BCUT2D eigenvalue weighted by molar-refractivity contribution is 4.84. The molecule has 0 radical (unpaired) electrons. The molecule has 0 aliphatic heterocycles. The first kappa shape index (κ1) is 8.48. The fourth-order valence-corrected chi connectivity index (χ4v) is 0.294. The van der Waals surface area contributed by atoms with Crippen molar-refractivity contribution in [2.45, 2.75) is 26.4 Å². The van der Waals surface area contributed by atoms with Crippen LogP contribution in [0.1, 0.15) is 20.8 Å². The maximum atomic E-state index is 5.08. The smallest absolute Gasteiger partial charge is 0.0818 e. The van der Waals surface area contributed by atoms with E-state index in [9.17, 15) is 0 Å². The summed E-state index contributed by atoms with van der Waals surface area (Å²) in [7, 11) is 0. The number of terminal acetylenes is 1. The van der Waals surface area contributed by atoms with Crippen LogP contribution in [0.3, 0.4) is 0 Å². The van der Waals surface area contributed by atoms with Gasteiger partial charge in [0.1, 0.15) is 0 Å². The highest BCUT2D eigenvalue weighted by atomic mass is 16.7. The van der Waals surface area contributed by atoms with Gasteiger partial charge < -0.3 is 0 Å². The number of hydrogen-bond donors (Lipinski definition) is 1. The van der Waals surface area contributed by atoms with Gasteiger partial charge in [-0.15, -0.1) is 6.42 Å². The first-order chi connectivity index (χ1) is 4.06. The van der Waals surface area contributed by atoms with E-state index in [-0.39, 0.29) is 5.60 Å². The summed E-state index contributed by atoms with van der Waals surface area (Å²) < 4.78 is 0. The van der Waals surface area contributed by atoms with E-state index in [1.54, 1.807) is 0 Å². The van der Waals surface area contributed by atoms with Crippen molar-refractivity contribution in [3.05, 3.63) is 0 Å². The number of nitrogens with one attached hydrogen (secondary N) is 1. The molecule has 0 heterocycles. The molecule has 0 atom stereocenters. The van der Waals surface area contributed by atoms with Gasteiger partial charge in [0.15, 0.2) is 0 Å². The molecular weight excluding hydrogens is 114 g/mol. The summed E-state index contributed by atoms with van der Waals surface area (Å²) in [6.45, 7) is 6.32. The van der Waals surface area contributed by atoms with Gasteiger partial charge >= 0.3 is 0 Å². The first-order valence-electron chi connectivity index (χ1n) is 2.90. The highest BCUT2D eigenvalue weighted by Crippen LogP contribution is 2.02. The minimum atomic E-state index is -0.156. The largest absolute Gasteiger partial charge is 0.295 e. The molecule has 0 aliphatic rings. The fourth-order valence-electron chi connectivity index (χ4n) is 0.294. The minimum Gasteiger partial charge on any atom is -0.295 e. The van der Waals surface area contributed by atoms with Crippen molar-refractivity contribution in [3.8, 4) is 12.3 Å². The van der Waals surface area contributed by atoms with Crippen molar-refractivity contribution in [3.63, 3.8) is 0 Å². The third kappa shape index (κ3) is 7.48. The van der Waals surface area contributed by atoms with Gasteiger partial charge in [-0.25, -0.2) is 0 Å². The Labute approximate surface area is 56.5 Å². The molecule has 0 saturated heterocycles. The van der Waals surface area contributed by atoms with Crippen molar-refractivity contribution in [1.29, 1.82) is 0 Å². The van der Waals surface area contributed by atoms with Gasteiger partial charge in [-0.2, -0.15) is 5.48 Å². The topological polar surface area (TPSA) is 21.3 Å². The molecule has 0 aromatic heterocycles. The third-order valence-corrected chi connectivity index (χ3v) is 0.553. The van der Waals surface area contributed by atoms with E-state index in [0.717, 1.165) is 0 Å². The lowest BCUT2D eigenvalue weighted by Crippen LogP contribution is -2.29. The van der Waals surface area contributed by atoms with Crippen LogP contribution in [0.15, 0.2) is 0 Å². The van der Waals surface area contributed by atoms with Crippen molar-refractivity contribution in [1.82, 2.24) is 5.48 Å². The molecule has 0 spiro atoms. The van der Waals surface area contributed by atoms with E-state index in [0.29, 0.717) is 6.54 Å². The lowest BCUT2D eigenvalue weighted by Gasteiger charge is -2.17. The molecule has 0 unspecified atom stereocenters. The third-order valence-electron chi connectivity index (χ3n) is 0.553. The molecule has 0 amide bonds. The average Bonchev–Trinajstić information content (AvgIpc) is 1.63. The molecule has 0 rings (SSSR count). The summed E-state index contributed by atoms with van der Waals surface area (Å²) in [6.07, 6.45) is 4.97. The summed E-state index contributed by atoms with van der Waals surface area (Å²) >= 11 is 0. The molecule has 0 bridgehead atoms. The van der Waals surface area contributed by atoms with Gasteiger partial charge in [0.05, 0.1) is 12.1 Å². The lowest BCUT2D eigenvalue weighted by atomic mass is 10.2. The Morgan fingerprint density at radius 1 is 1.56 bits per heavy atom. The second-order valence-corrected chi connectivity index (χ2v) is 2.74. The Hall–Kier alpha value is -0.520. The molecular formula is C7H13NO. The normalized spacial score (nSPS) is 10.9. The Bertz CT molecular complexity index is 107. The van der Waals surface area contributed by atoms with Gasteiger partial charge in [-0.05, 0) is 20.8 Å². The summed E-state index contributed by atoms with van der Waals surface area (Å²) in [6, 6.07) is 0. The number of hydroxylamine groups is 1. The zero-order chi connectivity index (χ0) is 7.33. The van der Waals surface area contributed by atoms with Crippen LogP contribution in [0.4, 0.5) is 0 Å². The zero-order valence-corrected chi connectivity index (χ0v) is 6.19. The quantitative estimate of drug-likeness (QED) is 0.338. The average molecular weight is 127 g/mol. The predicted octanol–water partition coefficient (Wildman–Crippen LogP) is 0.939. The first-order valence-corrected chi connectivity index (χ1v) is 2.90. The van der Waals surface area contributed by atoms with Crippen LogP contribution < -0.4 is 5.48 Å². The molecule has 0 aromatic carbocycles. The molecule has 2 nitrogen and oxygen atoms in total. The van der Waals surface area contributed by atoms with E-state index in [2.05, 4.69) is 11.4 Å². The van der Waals surface area contributed by atoms with Crippen LogP contribution in [0, 0.1) is 12.3 Å². The van der Waals surface area contributed by atoms with E-state index in [1.165, 1.54) is 0 Å². The van der Waals surface area contributed by atoms with Crippen LogP contribution in [0.2, 0.25) is 0 Å². The molecule has 2 heteroatoms. The summed E-state index contributed by atoms with van der Waals surface area (Å²) in [5.41, 5.74) is 2.48. The van der Waals surface area contributed by atoms with Crippen LogP contribution in [-0.2, 0) is 4.84 Å². The standard InChI is InChI=1S/C7H13NO/c1-5-6-8-9-7(2,3)4/h1,8H,6H2,2-4H3. The van der Waals surface area contributed by atoms with Crippen LogP contribution in [0.5, 0.6) is 0 Å². The van der Waals surface area contributed by atoms with E-state index >= 15 is 0 Å². The maximum Gasteiger partial charge on any atom is 0.0818 e. The SMILES string of the molecule is C#CCNOC(C)(C)C. The second kappa shape index (κ2) is 3.49. The summed E-state index contributed by atoms with van der Waals surface area (Å²) in [5.74, 6) is 2.40. The van der Waals surface area contributed by atoms with Gasteiger partial charge in [-0.1, -0.05) is 5.92 Å². The molecule has 0 aromatic rings. The molecule has 1 N–H and O–H groups in total. The van der Waals surface area contributed by atoms with Gasteiger partial charge in [0.25, 0.3) is 0 Å². The molecule has 9 heavy (non-hydrogen) atoms. The Morgan fingerprint density at radius 3 is 2.44 bits per heavy atom. The van der Waals surface area contributed by atoms with Crippen LogP contribution >= 0.6 is 0 Å². The van der Waals surface area contributed by atoms with Crippen LogP contribution in [0.25, 0.3) is 0 Å². The van der Waals surface area contributed by atoms with Crippen molar-refractivity contribution in [2.75, 3.05) is 6.54 Å². The zero-order valence-electron chi connectivity index (χ0n) is 6.19. The number of rotatable bonds is 2. The van der Waals surface area contributed by atoms with E-state index < -0.39 is 0 Å². The van der Waals surface area contributed by atoms with Crippen molar-refractivity contribution in [2.24, 2.45) is 0 Å². The fraction of sp³-hybridized carbons (Fsp3) is 0.714. The second-order valence-electron chi connectivity index (χ2n) is 2.74. The number of hydrogen-bond acceptors (Lipinski definition) is 2. The Morgan fingerprint density at radius 2 is 2.11 bits per heavy atom. The van der Waals surface area contributed by atoms with Gasteiger partial charge in [0.2, 0.25) is 0 Å². The maximum absolute atomic E-state index is 5.08. The Balaban J connectivity index is 3.20. The predicted molar refractivity (Wildman–Crippen MR) is 37.7 cm³/mol. The molecule has 0 aliphatic carbocycles. The van der Waals surface area contributed by atoms with Gasteiger partial charge in [0, 0.05) is 0 Å². The Kier molecular flexibility index (Phi) is 3.29. The minimum absolute atomic E-state index is 0.156. The highest BCUT2D eigenvalue weighted by Gasteiger charge is 2.08. The molecule has 52 valence electrons. The monoisotopic (exact) mass is 127 g/mol. The van der Waals surface area contributed by atoms with Gasteiger partial charge in [-0.3, -0.25) is 4.84 Å². The summed E-state index contributed by atoms with van der Waals surface area (Å²) in [5, 5.41) is 0. The van der Waals surface area contributed by atoms with Crippen molar-refractivity contribution < 1.29 is 4.84 Å². The van der Waals surface area contributed by atoms with E-state index in [4.69, 9.17) is 11.3 Å². The lowest BCUT2D eigenvalue weighted by molar-refractivity contribution is -0.0669. The molecule has 0 fully saturated rings. The molecule has 0 saturated carbocycles. The van der Waals surface area contributed by atoms with Crippen LogP contribution in [-0.4, -0.2) is 12.1 Å². The van der Waals surface area contributed by atoms with Crippen molar-refractivity contribution >= 4 is 0 Å². The van der Waals surface area contributed by atoms with E-state index in [1.807, 2.05) is 20.8 Å². The summed E-state index contributed by atoms with van der Waals surface area (Å²) in [4.78, 5) is 5.08.